The zero-order valence-corrected chi connectivity index (χ0v) is 16.2. The van der Waals surface area contributed by atoms with Crippen LogP contribution >= 0.6 is 0 Å². The fraction of sp³-hybridized carbons (Fsp3) is 0.368. The van der Waals surface area contributed by atoms with Crippen molar-refractivity contribution in [2.75, 3.05) is 11.9 Å². The van der Waals surface area contributed by atoms with Gasteiger partial charge in [-0.15, -0.1) is 0 Å². The molecule has 144 valence electrons. The van der Waals surface area contributed by atoms with Crippen LogP contribution in [0.5, 0.6) is 0 Å². The SMILES string of the molecule is CCCNS(=O)(=O)c1ccc(C=Cc2onc(C)c2NC(=O)C2CC2)cc1. The first-order chi connectivity index (χ1) is 12.9. The topological polar surface area (TPSA) is 101 Å². The third kappa shape index (κ3) is 4.84. The summed E-state index contributed by atoms with van der Waals surface area (Å²) >= 11 is 0. The molecule has 27 heavy (non-hydrogen) atoms. The van der Waals surface area contributed by atoms with Crippen LogP contribution in [0.3, 0.4) is 0 Å². The molecule has 1 heterocycles. The summed E-state index contributed by atoms with van der Waals surface area (Å²) in [7, 11) is -3.48. The molecule has 0 atom stereocenters. The van der Waals surface area contributed by atoms with Gasteiger partial charge in [0.05, 0.1) is 4.90 Å². The molecule has 0 unspecified atom stereocenters. The number of aromatic nitrogens is 1. The highest BCUT2D eigenvalue weighted by atomic mass is 32.2. The summed E-state index contributed by atoms with van der Waals surface area (Å²) in [5.41, 5.74) is 2.00. The predicted octanol–water partition coefficient (Wildman–Crippen LogP) is 3.19. The summed E-state index contributed by atoms with van der Waals surface area (Å²) in [6.45, 7) is 4.08. The second-order valence-electron chi connectivity index (χ2n) is 6.57. The fourth-order valence-electron chi connectivity index (χ4n) is 2.47. The van der Waals surface area contributed by atoms with Crippen LogP contribution in [0.2, 0.25) is 0 Å². The van der Waals surface area contributed by atoms with Crippen LogP contribution in [0, 0.1) is 12.8 Å². The Morgan fingerprint density at radius 1 is 1.26 bits per heavy atom. The maximum absolute atomic E-state index is 12.1. The standard InChI is InChI=1S/C19H23N3O4S/c1-3-12-20-27(24,25)16-9-4-14(5-10-16)6-11-17-18(13(2)22-26-17)21-19(23)15-7-8-15/h4-6,9-11,15,20H,3,7-8,12H2,1-2H3,(H,21,23). The number of hydrogen-bond acceptors (Lipinski definition) is 5. The number of carbonyl (C=O) groups excluding carboxylic acids is 1. The molecule has 2 N–H and O–H groups in total. The summed E-state index contributed by atoms with van der Waals surface area (Å²) in [6, 6.07) is 6.53. The van der Waals surface area contributed by atoms with Gasteiger partial charge in [-0.25, -0.2) is 13.1 Å². The van der Waals surface area contributed by atoms with Gasteiger partial charge >= 0.3 is 0 Å². The molecule has 2 aromatic rings. The van der Waals surface area contributed by atoms with Gasteiger partial charge in [-0.1, -0.05) is 30.3 Å². The number of amides is 1. The van der Waals surface area contributed by atoms with Crippen molar-refractivity contribution in [2.45, 2.75) is 38.0 Å². The Hall–Kier alpha value is -2.45. The number of anilines is 1. The average molecular weight is 389 g/mol. The van der Waals surface area contributed by atoms with E-state index >= 15 is 0 Å². The normalized spacial score (nSPS) is 14.6. The van der Waals surface area contributed by atoms with Crippen molar-refractivity contribution in [3.05, 3.63) is 41.3 Å². The zero-order chi connectivity index (χ0) is 19.4. The molecular formula is C19H23N3O4S. The number of aryl methyl sites for hydroxylation is 1. The third-order valence-electron chi connectivity index (χ3n) is 4.25. The number of sulfonamides is 1. The molecule has 7 nitrogen and oxygen atoms in total. The Kier molecular flexibility index (Phi) is 5.76. The molecule has 0 radical (unpaired) electrons. The Labute approximate surface area is 158 Å². The van der Waals surface area contributed by atoms with Crippen LogP contribution in [0.25, 0.3) is 12.2 Å². The van der Waals surface area contributed by atoms with Crippen LogP contribution in [-0.2, 0) is 14.8 Å². The highest BCUT2D eigenvalue weighted by molar-refractivity contribution is 7.89. The smallest absolute Gasteiger partial charge is 0.240 e. The van der Waals surface area contributed by atoms with Gasteiger partial charge in [0.15, 0.2) is 5.76 Å². The van der Waals surface area contributed by atoms with E-state index in [0.717, 1.165) is 24.8 Å². The van der Waals surface area contributed by atoms with E-state index in [9.17, 15) is 13.2 Å². The van der Waals surface area contributed by atoms with E-state index < -0.39 is 10.0 Å². The molecule has 1 amide bonds. The van der Waals surface area contributed by atoms with Gasteiger partial charge < -0.3 is 9.84 Å². The number of nitrogens with one attached hydrogen (secondary N) is 2. The lowest BCUT2D eigenvalue weighted by molar-refractivity contribution is -0.117. The lowest BCUT2D eigenvalue weighted by atomic mass is 10.2. The minimum Gasteiger partial charge on any atom is -0.354 e. The maximum atomic E-state index is 12.1. The van der Waals surface area contributed by atoms with Gasteiger partial charge in [-0.2, -0.15) is 0 Å². The van der Waals surface area contributed by atoms with Crippen LogP contribution in [0.1, 0.15) is 43.2 Å². The van der Waals surface area contributed by atoms with Gasteiger partial charge in [0, 0.05) is 12.5 Å². The van der Waals surface area contributed by atoms with E-state index in [2.05, 4.69) is 15.2 Å². The summed E-state index contributed by atoms with van der Waals surface area (Å²) in [4.78, 5) is 12.2. The molecule has 0 bridgehead atoms. The monoisotopic (exact) mass is 389 g/mol. The molecule has 1 fully saturated rings. The van der Waals surface area contributed by atoms with Crippen molar-refractivity contribution in [1.82, 2.24) is 9.88 Å². The summed E-state index contributed by atoms with van der Waals surface area (Å²) in [5, 5.41) is 6.78. The first-order valence-electron chi connectivity index (χ1n) is 8.95. The van der Waals surface area contributed by atoms with Crippen LogP contribution < -0.4 is 10.0 Å². The van der Waals surface area contributed by atoms with E-state index in [1.54, 1.807) is 43.3 Å². The quantitative estimate of drug-likeness (QED) is 0.722. The van der Waals surface area contributed by atoms with Crippen molar-refractivity contribution in [3.63, 3.8) is 0 Å². The first kappa shape index (κ1) is 19.3. The number of nitrogens with zero attached hydrogens (tertiary/aromatic N) is 1. The van der Waals surface area contributed by atoms with Gasteiger partial charge in [0.25, 0.3) is 0 Å². The molecule has 0 aliphatic heterocycles. The molecule has 1 aromatic heterocycles. The van der Waals surface area contributed by atoms with Crippen molar-refractivity contribution in [3.8, 4) is 0 Å². The van der Waals surface area contributed by atoms with Gasteiger partial charge in [0.1, 0.15) is 11.4 Å². The summed E-state index contributed by atoms with van der Waals surface area (Å²) < 4.78 is 32.0. The van der Waals surface area contributed by atoms with Gasteiger partial charge in [-0.3, -0.25) is 4.79 Å². The van der Waals surface area contributed by atoms with Crippen molar-refractivity contribution >= 4 is 33.8 Å². The highest BCUT2D eigenvalue weighted by Crippen LogP contribution is 2.32. The van der Waals surface area contributed by atoms with Crippen molar-refractivity contribution < 1.29 is 17.7 Å². The predicted molar refractivity (Wildman–Crippen MR) is 103 cm³/mol. The van der Waals surface area contributed by atoms with Crippen LogP contribution in [0.4, 0.5) is 5.69 Å². The number of carbonyl (C=O) groups is 1. The molecule has 1 aliphatic carbocycles. The molecule has 1 saturated carbocycles. The molecule has 0 saturated heterocycles. The fourth-order valence-corrected chi connectivity index (χ4v) is 3.61. The van der Waals surface area contributed by atoms with Crippen LogP contribution in [0.15, 0.2) is 33.7 Å². The first-order valence-corrected chi connectivity index (χ1v) is 10.4. The minimum absolute atomic E-state index is 0.00918. The molecule has 0 spiro atoms. The van der Waals surface area contributed by atoms with E-state index in [1.807, 2.05) is 6.92 Å². The van der Waals surface area contributed by atoms with Crippen LogP contribution in [-0.4, -0.2) is 26.0 Å². The maximum Gasteiger partial charge on any atom is 0.240 e. The lowest BCUT2D eigenvalue weighted by Gasteiger charge is -2.05. The third-order valence-corrected chi connectivity index (χ3v) is 5.72. The molecule has 8 heteroatoms. The summed E-state index contributed by atoms with van der Waals surface area (Å²) in [5.74, 6) is 0.542. The van der Waals surface area contributed by atoms with Crippen molar-refractivity contribution in [1.29, 1.82) is 0 Å². The minimum atomic E-state index is -3.48. The lowest BCUT2D eigenvalue weighted by Crippen LogP contribution is -2.24. The Bertz CT molecular complexity index is 942. The molecule has 1 aromatic carbocycles. The van der Waals surface area contributed by atoms with Gasteiger partial charge in [0.2, 0.25) is 15.9 Å². The van der Waals surface area contributed by atoms with Gasteiger partial charge in [-0.05, 0) is 50.0 Å². The zero-order valence-electron chi connectivity index (χ0n) is 15.4. The van der Waals surface area contributed by atoms with E-state index in [0.29, 0.717) is 23.7 Å². The average Bonchev–Trinajstić information content (AvgIpc) is 3.45. The van der Waals surface area contributed by atoms with E-state index in [4.69, 9.17) is 4.52 Å². The molecule has 1 aliphatic rings. The summed E-state index contributed by atoms with van der Waals surface area (Å²) in [6.07, 6.45) is 6.06. The number of hydrogen-bond donors (Lipinski definition) is 2. The highest BCUT2D eigenvalue weighted by Gasteiger charge is 2.30. The van der Waals surface area contributed by atoms with E-state index in [1.165, 1.54) is 0 Å². The second-order valence-corrected chi connectivity index (χ2v) is 8.34. The number of benzene rings is 1. The van der Waals surface area contributed by atoms with Crippen molar-refractivity contribution in [2.24, 2.45) is 5.92 Å². The Balaban J connectivity index is 1.72. The Morgan fingerprint density at radius 3 is 2.59 bits per heavy atom. The Morgan fingerprint density at radius 2 is 1.96 bits per heavy atom. The number of rotatable bonds is 8. The molecule has 3 rings (SSSR count). The second kappa shape index (κ2) is 8.06. The largest absolute Gasteiger partial charge is 0.354 e. The molecular weight excluding hydrogens is 366 g/mol. The van der Waals surface area contributed by atoms with E-state index in [-0.39, 0.29) is 16.7 Å².